The summed E-state index contributed by atoms with van der Waals surface area (Å²) in [5.41, 5.74) is 0. The molecule has 1 amide bonds. The summed E-state index contributed by atoms with van der Waals surface area (Å²) in [6.45, 7) is 4.76. The van der Waals surface area contributed by atoms with Crippen molar-refractivity contribution in [2.24, 2.45) is 0 Å². The van der Waals surface area contributed by atoms with Crippen molar-refractivity contribution in [3.8, 4) is 0 Å². The van der Waals surface area contributed by atoms with Crippen LogP contribution in [-0.2, 0) is 18.4 Å². The van der Waals surface area contributed by atoms with Crippen molar-refractivity contribution < 1.29 is 32.9 Å². The van der Waals surface area contributed by atoms with Gasteiger partial charge in [0.1, 0.15) is 13.2 Å². The van der Waals surface area contributed by atoms with Gasteiger partial charge in [-0.2, -0.15) is 0 Å². The second-order valence-corrected chi connectivity index (χ2v) is 24.9. The topological polar surface area (TPSA) is 108 Å². The van der Waals surface area contributed by atoms with Crippen LogP contribution < -0.4 is 10.2 Å². The molecular weight excluding hydrogens is 924 g/mol. The maximum atomic E-state index is 13.0. The van der Waals surface area contributed by atoms with Gasteiger partial charge in [-0.1, -0.05) is 301 Å². The van der Waals surface area contributed by atoms with Crippen molar-refractivity contribution in [3.63, 3.8) is 0 Å². The molecule has 0 aliphatic carbocycles. The van der Waals surface area contributed by atoms with Gasteiger partial charge in [0.15, 0.2) is 0 Å². The lowest BCUT2D eigenvalue weighted by molar-refractivity contribution is -0.870. The molecule has 3 atom stereocenters. The van der Waals surface area contributed by atoms with Crippen LogP contribution in [0.15, 0.2) is 24.3 Å². The average Bonchev–Trinajstić information content (AvgIpc) is 3.35. The second-order valence-electron chi connectivity index (χ2n) is 23.5. The number of likely N-dealkylation sites (N-methyl/N-ethyl adjacent to an activating group) is 1. The number of nitrogens with one attached hydrogen (secondary N) is 1. The van der Waals surface area contributed by atoms with E-state index in [1.807, 2.05) is 21.1 Å². The zero-order chi connectivity index (χ0) is 53.5. The number of aliphatic hydroxyl groups is 1. The molecule has 0 bridgehead atoms. The number of hydrogen-bond acceptors (Lipinski definition) is 6. The van der Waals surface area contributed by atoms with Crippen molar-refractivity contribution in [2.45, 2.75) is 341 Å². The first-order valence-corrected chi connectivity index (χ1v) is 33.6. The fraction of sp³-hybridized carbons (Fsp3) is 0.922. The molecule has 0 heterocycles. The number of unbranched alkanes of at least 4 members (excludes halogenated alkanes) is 43. The predicted octanol–water partition coefficient (Wildman–Crippen LogP) is 19.3. The number of carbonyl (C=O) groups excluding carboxylic acids is 1. The van der Waals surface area contributed by atoms with Crippen molar-refractivity contribution in [1.29, 1.82) is 0 Å². The minimum atomic E-state index is -4.57. The normalized spacial score (nSPS) is 13.9. The Morgan fingerprint density at radius 2 is 0.795 bits per heavy atom. The first kappa shape index (κ1) is 72.0. The lowest BCUT2D eigenvalue weighted by Crippen LogP contribution is -2.46. The van der Waals surface area contributed by atoms with E-state index in [1.54, 1.807) is 0 Å². The number of aliphatic hydroxyl groups excluding tert-OH is 1. The van der Waals surface area contributed by atoms with E-state index < -0.39 is 20.0 Å². The Balaban J connectivity index is 3.90. The molecule has 0 saturated heterocycles. The number of phosphoric ester groups is 1. The van der Waals surface area contributed by atoms with Crippen molar-refractivity contribution in [3.05, 3.63) is 24.3 Å². The molecule has 9 heteroatoms. The lowest BCUT2D eigenvalue weighted by atomic mass is 10.0. The Bertz CT molecular complexity index is 1240. The standard InChI is InChI=1S/C64H127N2O6P/c1-6-8-10-12-14-16-18-20-22-23-24-25-26-27-28-29-30-31-32-33-34-35-36-37-38-39-40-41-42-43-44-46-48-50-52-54-56-58-64(68)65-62(61-72-73(69,70)71-60-59-66(3,4)5)63(67)57-55-53-51-49-47-45-21-19-17-15-13-11-9-7-2/h28-29,31-32,62-63,67H,6-27,30,33-61H2,1-5H3,(H-,65,68,69,70)/b29-28-,32-31-. The predicted molar refractivity (Wildman–Crippen MR) is 316 cm³/mol. The molecule has 0 spiro atoms. The third-order valence-corrected chi connectivity index (χ3v) is 15.9. The first-order valence-electron chi connectivity index (χ1n) is 32.2. The average molecular weight is 1050 g/mol. The number of amides is 1. The molecule has 8 nitrogen and oxygen atoms in total. The summed E-state index contributed by atoms with van der Waals surface area (Å²) >= 11 is 0. The van der Waals surface area contributed by atoms with Crippen molar-refractivity contribution >= 4 is 13.7 Å². The van der Waals surface area contributed by atoms with E-state index in [1.165, 1.54) is 257 Å². The van der Waals surface area contributed by atoms with Crippen LogP contribution >= 0.6 is 7.82 Å². The van der Waals surface area contributed by atoms with Gasteiger partial charge in [0.25, 0.3) is 7.82 Å². The summed E-state index contributed by atoms with van der Waals surface area (Å²) in [6.07, 6.45) is 71.1. The number of carbonyl (C=O) groups is 1. The van der Waals surface area contributed by atoms with Gasteiger partial charge >= 0.3 is 0 Å². The molecule has 0 saturated carbocycles. The van der Waals surface area contributed by atoms with Gasteiger partial charge < -0.3 is 28.8 Å². The highest BCUT2D eigenvalue weighted by molar-refractivity contribution is 7.45. The molecule has 3 unspecified atom stereocenters. The number of hydrogen-bond donors (Lipinski definition) is 2. The van der Waals surface area contributed by atoms with Gasteiger partial charge in [-0.15, -0.1) is 0 Å². The Morgan fingerprint density at radius 3 is 1.14 bits per heavy atom. The maximum Gasteiger partial charge on any atom is 0.268 e. The molecule has 0 aromatic heterocycles. The van der Waals surface area contributed by atoms with E-state index in [-0.39, 0.29) is 19.1 Å². The smallest absolute Gasteiger partial charge is 0.268 e. The molecule has 0 aromatic rings. The number of quaternary nitrogens is 1. The summed E-state index contributed by atoms with van der Waals surface area (Å²) < 4.78 is 23.4. The second kappa shape index (κ2) is 55.7. The van der Waals surface area contributed by atoms with Gasteiger partial charge in [-0.25, -0.2) is 0 Å². The minimum Gasteiger partial charge on any atom is -0.756 e. The van der Waals surface area contributed by atoms with Gasteiger partial charge in [-0.05, 0) is 44.9 Å². The molecule has 2 N–H and O–H groups in total. The third-order valence-electron chi connectivity index (χ3n) is 14.9. The molecule has 0 aliphatic rings. The van der Waals surface area contributed by atoms with Crippen LogP contribution in [-0.4, -0.2) is 68.5 Å². The number of nitrogens with zero attached hydrogens (tertiary/aromatic N) is 1. The maximum absolute atomic E-state index is 13.0. The fourth-order valence-electron chi connectivity index (χ4n) is 9.90. The number of allylic oxidation sites excluding steroid dienone is 4. The molecule has 434 valence electrons. The van der Waals surface area contributed by atoms with Crippen LogP contribution in [0.4, 0.5) is 0 Å². The highest BCUT2D eigenvalue weighted by Crippen LogP contribution is 2.38. The summed E-state index contributed by atoms with van der Waals surface area (Å²) in [5.74, 6) is -0.160. The fourth-order valence-corrected chi connectivity index (χ4v) is 10.6. The quantitative estimate of drug-likeness (QED) is 0.0272. The van der Waals surface area contributed by atoms with E-state index in [4.69, 9.17) is 9.05 Å². The number of phosphoric acid groups is 1. The third kappa shape index (κ3) is 58.5. The van der Waals surface area contributed by atoms with E-state index >= 15 is 0 Å². The zero-order valence-electron chi connectivity index (χ0n) is 49.6. The number of rotatable bonds is 60. The minimum absolute atomic E-state index is 0.0143. The van der Waals surface area contributed by atoms with Crippen LogP contribution in [0.25, 0.3) is 0 Å². The highest BCUT2D eigenvalue weighted by Gasteiger charge is 2.24. The van der Waals surface area contributed by atoms with Crippen molar-refractivity contribution in [1.82, 2.24) is 5.32 Å². The van der Waals surface area contributed by atoms with Crippen LogP contribution in [0.5, 0.6) is 0 Å². The van der Waals surface area contributed by atoms with Crippen LogP contribution in [0.1, 0.15) is 328 Å². The monoisotopic (exact) mass is 1050 g/mol. The molecule has 73 heavy (non-hydrogen) atoms. The van der Waals surface area contributed by atoms with Crippen LogP contribution in [0.3, 0.4) is 0 Å². The molecule has 0 aliphatic heterocycles. The Kier molecular flexibility index (Phi) is 54.9. The van der Waals surface area contributed by atoms with E-state index in [2.05, 4.69) is 43.5 Å². The van der Waals surface area contributed by atoms with Gasteiger partial charge in [-0.3, -0.25) is 9.36 Å². The zero-order valence-corrected chi connectivity index (χ0v) is 50.5. The Hall–Kier alpha value is -1.02. The summed E-state index contributed by atoms with van der Waals surface area (Å²) in [6, 6.07) is -0.798. The van der Waals surface area contributed by atoms with E-state index in [0.717, 1.165) is 44.9 Å². The van der Waals surface area contributed by atoms with Crippen LogP contribution in [0, 0.1) is 0 Å². The molecule has 0 rings (SSSR count). The first-order chi connectivity index (χ1) is 35.5. The van der Waals surface area contributed by atoms with E-state index in [9.17, 15) is 19.4 Å². The van der Waals surface area contributed by atoms with Gasteiger partial charge in [0, 0.05) is 6.42 Å². The summed E-state index contributed by atoms with van der Waals surface area (Å²) in [7, 11) is 1.32. The Morgan fingerprint density at radius 1 is 0.479 bits per heavy atom. The Labute approximate surface area is 455 Å². The van der Waals surface area contributed by atoms with Gasteiger partial charge in [0.05, 0.1) is 39.9 Å². The summed E-state index contributed by atoms with van der Waals surface area (Å²) in [5, 5.41) is 14.0. The molecule has 0 radical (unpaired) electrons. The largest absolute Gasteiger partial charge is 0.756 e. The lowest BCUT2D eigenvalue weighted by Gasteiger charge is -2.30. The summed E-state index contributed by atoms with van der Waals surface area (Å²) in [4.78, 5) is 25.5. The SMILES string of the molecule is CCCCCCCCCCCCCCC/C=C\C/C=C\CCCCCCCCCCCCCCCCCCCC(=O)NC(COP(=O)([O-])OCC[N+](C)(C)C)C(O)CCCCCCCCCCCCCCCC. The van der Waals surface area contributed by atoms with Gasteiger partial charge in [0.2, 0.25) is 5.91 Å². The molecule has 0 aromatic carbocycles. The molecule has 0 fully saturated rings. The highest BCUT2D eigenvalue weighted by atomic mass is 31.2. The van der Waals surface area contributed by atoms with Crippen LogP contribution in [0.2, 0.25) is 0 Å². The molecular formula is C64H127N2O6P. The van der Waals surface area contributed by atoms with E-state index in [0.29, 0.717) is 23.9 Å². The van der Waals surface area contributed by atoms with Crippen molar-refractivity contribution in [2.75, 3.05) is 40.9 Å².